The quantitative estimate of drug-likeness (QED) is 0.436. The number of aromatic hydroxyl groups is 1. The third-order valence-electron chi connectivity index (χ3n) is 4.11. The first-order valence-electron chi connectivity index (χ1n) is 9.89. The number of halogens is 2. The second-order valence-electron chi connectivity index (χ2n) is 8.13. The first-order valence-corrected chi connectivity index (χ1v) is 11.5. The summed E-state index contributed by atoms with van der Waals surface area (Å²) in [6.45, 7) is 6.94. The second kappa shape index (κ2) is 14.9. The number of benzene rings is 2. The summed E-state index contributed by atoms with van der Waals surface area (Å²) in [4.78, 5) is 22.1. The van der Waals surface area contributed by atoms with Crippen LogP contribution in [-0.4, -0.2) is 49.6 Å². The molecule has 184 valence electrons. The van der Waals surface area contributed by atoms with Crippen molar-refractivity contribution in [2.75, 3.05) is 27.4 Å². The molecule has 0 bridgehead atoms. The van der Waals surface area contributed by atoms with Gasteiger partial charge in [0.2, 0.25) is 0 Å². The Morgan fingerprint density at radius 3 is 1.52 bits per heavy atom. The minimum absolute atomic E-state index is 0.181. The molecule has 2 aromatic carbocycles. The highest BCUT2D eigenvalue weighted by atomic mass is 79.9. The van der Waals surface area contributed by atoms with Gasteiger partial charge in [0.1, 0.15) is 18.1 Å². The third kappa shape index (κ3) is 12.6. The van der Waals surface area contributed by atoms with Crippen molar-refractivity contribution in [3.8, 4) is 11.5 Å². The Hall–Kier alpha value is -2.10. The number of aliphatic hydroxyl groups excluding tert-OH is 1. The SMILES string of the molecule is COC(=O)C(C)(C)CO.COC(=O)C(C)(C)COc1ccc(Br)cc1.Oc1ccc(Br)cc1. The van der Waals surface area contributed by atoms with Crippen molar-refractivity contribution in [1.29, 1.82) is 0 Å². The van der Waals surface area contributed by atoms with Crippen molar-refractivity contribution in [3.63, 3.8) is 0 Å². The molecule has 0 aliphatic carbocycles. The van der Waals surface area contributed by atoms with Crippen molar-refractivity contribution >= 4 is 43.8 Å². The smallest absolute Gasteiger partial charge is 0.314 e. The van der Waals surface area contributed by atoms with Crippen molar-refractivity contribution in [2.45, 2.75) is 27.7 Å². The highest BCUT2D eigenvalue weighted by molar-refractivity contribution is 9.10. The van der Waals surface area contributed by atoms with Crippen molar-refractivity contribution in [3.05, 3.63) is 57.5 Å². The maximum Gasteiger partial charge on any atom is 0.314 e. The summed E-state index contributed by atoms with van der Waals surface area (Å²) in [5.41, 5.74) is -1.39. The van der Waals surface area contributed by atoms with E-state index in [1.807, 2.05) is 24.3 Å². The number of carbonyl (C=O) groups is 2. The molecular formula is C24H32Br2O7. The number of aliphatic hydroxyl groups is 1. The van der Waals surface area contributed by atoms with Crippen molar-refractivity contribution in [2.24, 2.45) is 10.8 Å². The van der Waals surface area contributed by atoms with Gasteiger partial charge in [-0.15, -0.1) is 0 Å². The summed E-state index contributed by atoms with van der Waals surface area (Å²) in [6, 6.07) is 14.3. The number of esters is 2. The van der Waals surface area contributed by atoms with Gasteiger partial charge < -0.3 is 24.4 Å². The number of hydrogen-bond donors (Lipinski definition) is 2. The molecule has 2 rings (SSSR count). The summed E-state index contributed by atoms with van der Waals surface area (Å²) >= 11 is 6.58. The number of hydrogen-bond acceptors (Lipinski definition) is 7. The van der Waals surface area contributed by atoms with Crippen LogP contribution in [0.4, 0.5) is 0 Å². The number of carbonyl (C=O) groups excluding carboxylic acids is 2. The Labute approximate surface area is 212 Å². The maximum atomic E-state index is 11.4. The number of rotatable bonds is 6. The van der Waals surface area contributed by atoms with Gasteiger partial charge in [0.05, 0.1) is 31.7 Å². The van der Waals surface area contributed by atoms with Crippen molar-refractivity contribution < 1.29 is 34.0 Å². The fraction of sp³-hybridized carbons (Fsp3) is 0.417. The Kier molecular flexibility index (Phi) is 14.0. The van der Waals surface area contributed by atoms with Crippen LogP contribution in [0.2, 0.25) is 0 Å². The molecular weight excluding hydrogens is 560 g/mol. The van der Waals surface area contributed by atoms with E-state index in [4.69, 9.17) is 19.7 Å². The molecule has 0 unspecified atom stereocenters. The van der Waals surface area contributed by atoms with Gasteiger partial charge in [-0.3, -0.25) is 9.59 Å². The Morgan fingerprint density at radius 2 is 1.18 bits per heavy atom. The Morgan fingerprint density at radius 1 is 0.788 bits per heavy atom. The zero-order chi connectivity index (χ0) is 25.7. The summed E-state index contributed by atoms with van der Waals surface area (Å²) < 4.78 is 16.6. The zero-order valence-corrected chi connectivity index (χ0v) is 22.9. The van der Waals surface area contributed by atoms with Gasteiger partial charge >= 0.3 is 11.9 Å². The molecule has 2 aromatic rings. The van der Waals surface area contributed by atoms with E-state index in [9.17, 15) is 9.59 Å². The lowest BCUT2D eigenvalue weighted by Crippen LogP contribution is -2.32. The molecule has 0 saturated carbocycles. The molecule has 0 aliphatic heterocycles. The summed E-state index contributed by atoms with van der Waals surface area (Å²) in [6.07, 6.45) is 0. The molecule has 0 aromatic heterocycles. The first-order chi connectivity index (χ1) is 15.3. The molecule has 33 heavy (non-hydrogen) atoms. The van der Waals surface area contributed by atoms with Crippen LogP contribution in [0.3, 0.4) is 0 Å². The summed E-state index contributed by atoms with van der Waals surface area (Å²) in [7, 11) is 2.68. The van der Waals surface area contributed by atoms with Gasteiger partial charge in [-0.1, -0.05) is 31.9 Å². The molecule has 7 nitrogen and oxygen atoms in total. The van der Waals surface area contributed by atoms with E-state index in [0.717, 1.165) is 14.7 Å². The van der Waals surface area contributed by atoms with E-state index < -0.39 is 10.8 Å². The van der Waals surface area contributed by atoms with Gasteiger partial charge in [-0.05, 0) is 76.2 Å². The molecule has 2 N–H and O–H groups in total. The highest BCUT2D eigenvalue weighted by Crippen LogP contribution is 2.21. The van der Waals surface area contributed by atoms with Crippen LogP contribution in [0.15, 0.2) is 57.5 Å². The molecule has 0 fully saturated rings. The molecule has 0 saturated heterocycles. The Bertz CT molecular complexity index is 827. The average Bonchev–Trinajstić information content (AvgIpc) is 2.80. The first kappa shape index (κ1) is 30.9. The van der Waals surface area contributed by atoms with Gasteiger partial charge in [0.25, 0.3) is 0 Å². The van der Waals surface area contributed by atoms with E-state index in [2.05, 4.69) is 36.6 Å². The Balaban J connectivity index is 0.000000510. The molecule has 0 heterocycles. The van der Waals surface area contributed by atoms with Crippen molar-refractivity contribution in [1.82, 2.24) is 0 Å². The van der Waals surface area contributed by atoms with E-state index in [1.165, 1.54) is 14.2 Å². The lowest BCUT2D eigenvalue weighted by atomic mass is 9.95. The van der Waals surface area contributed by atoms with Crippen LogP contribution >= 0.6 is 31.9 Å². The fourth-order valence-electron chi connectivity index (χ4n) is 1.91. The zero-order valence-electron chi connectivity index (χ0n) is 19.7. The average molecular weight is 592 g/mol. The number of methoxy groups -OCH3 is 2. The predicted octanol–water partition coefficient (Wildman–Crippen LogP) is 5.36. The number of ether oxygens (including phenoxy) is 3. The van der Waals surface area contributed by atoms with Crippen LogP contribution in [-0.2, 0) is 19.1 Å². The second-order valence-corrected chi connectivity index (χ2v) is 9.96. The minimum atomic E-state index is -0.755. The molecule has 9 heteroatoms. The third-order valence-corrected chi connectivity index (χ3v) is 5.17. The standard InChI is InChI=1S/C12H15BrO3.C6H5BrO.C6H12O3/c1-12(2,11(14)15-3)8-16-10-6-4-9(13)5-7-10;7-5-1-3-6(8)4-2-5;1-6(2,4-7)5(8)9-3/h4-7H,8H2,1-3H3;1-4,8H;7H,4H2,1-3H3. The van der Waals surface area contributed by atoms with Gasteiger partial charge in [-0.25, -0.2) is 0 Å². The lowest BCUT2D eigenvalue weighted by molar-refractivity contribution is -0.153. The maximum absolute atomic E-state index is 11.4. The normalized spacial score (nSPS) is 10.6. The fourth-order valence-corrected chi connectivity index (χ4v) is 2.44. The van der Waals surface area contributed by atoms with Gasteiger partial charge in [0, 0.05) is 8.95 Å². The molecule has 0 radical (unpaired) electrons. The van der Waals surface area contributed by atoms with E-state index in [1.54, 1.807) is 52.0 Å². The number of phenolic OH excluding ortho intramolecular Hbond substituents is 1. The molecule has 0 aliphatic rings. The van der Waals surface area contributed by atoms with Crippen LogP contribution in [0.25, 0.3) is 0 Å². The van der Waals surface area contributed by atoms with Gasteiger partial charge in [-0.2, -0.15) is 0 Å². The monoisotopic (exact) mass is 590 g/mol. The van der Waals surface area contributed by atoms with Crippen LogP contribution in [0.5, 0.6) is 11.5 Å². The lowest BCUT2D eigenvalue weighted by Gasteiger charge is -2.21. The number of phenols is 1. The van der Waals surface area contributed by atoms with Gasteiger partial charge in [0.15, 0.2) is 0 Å². The molecule has 0 atom stereocenters. The largest absolute Gasteiger partial charge is 0.508 e. The van der Waals surface area contributed by atoms with Crippen LogP contribution in [0.1, 0.15) is 27.7 Å². The van der Waals surface area contributed by atoms with E-state index in [0.29, 0.717) is 12.4 Å². The molecule has 0 amide bonds. The molecule has 0 spiro atoms. The highest BCUT2D eigenvalue weighted by Gasteiger charge is 2.29. The van der Waals surface area contributed by atoms with E-state index in [-0.39, 0.29) is 18.5 Å². The predicted molar refractivity (Wildman–Crippen MR) is 134 cm³/mol. The summed E-state index contributed by atoms with van der Waals surface area (Å²) in [5.74, 6) is 0.378. The summed E-state index contributed by atoms with van der Waals surface area (Å²) in [5, 5.41) is 17.3. The van der Waals surface area contributed by atoms with Crippen LogP contribution in [0, 0.1) is 10.8 Å². The minimum Gasteiger partial charge on any atom is -0.508 e. The van der Waals surface area contributed by atoms with Crippen LogP contribution < -0.4 is 4.74 Å². The van der Waals surface area contributed by atoms with E-state index >= 15 is 0 Å². The topological polar surface area (TPSA) is 102 Å².